The molecule has 0 bridgehead atoms. The molecule has 0 heterocycles. The fourth-order valence-electron chi connectivity index (χ4n) is 0.774. The Kier molecular flexibility index (Phi) is 5.77. The highest BCUT2D eigenvalue weighted by Crippen LogP contribution is 2.03. The molecule has 0 aliphatic rings. The van der Waals surface area contributed by atoms with Crippen LogP contribution in [0.5, 0.6) is 0 Å². The third-order valence-electron chi connectivity index (χ3n) is 1.70. The zero-order valence-electron chi connectivity index (χ0n) is 7.32. The fourth-order valence-corrected chi connectivity index (χ4v) is 0.774. The molecule has 0 fully saturated rings. The maximum absolute atomic E-state index is 10.9. The van der Waals surface area contributed by atoms with Crippen molar-refractivity contribution in [1.29, 1.82) is 0 Å². The largest absolute Gasteiger partial charge is 0.394 e. The first-order valence-corrected chi connectivity index (χ1v) is 3.93. The van der Waals surface area contributed by atoms with Crippen LogP contribution in [-0.2, 0) is 4.79 Å². The fraction of sp³-hybridized carbons (Fsp3) is 0.857. The highest BCUT2D eigenvalue weighted by atomic mass is 16.4. The average molecular weight is 210 g/mol. The summed E-state index contributed by atoms with van der Waals surface area (Å²) in [5, 5.41) is 52.4. The van der Waals surface area contributed by atoms with Crippen molar-refractivity contribution in [1.82, 2.24) is 0 Å². The molecule has 0 aliphatic heterocycles. The Bertz CT molecular complexity index is 183. The van der Waals surface area contributed by atoms with Gasteiger partial charge in [-0.1, -0.05) is 0 Å². The highest BCUT2D eigenvalue weighted by molar-refractivity contribution is 5.87. The maximum Gasteiger partial charge on any atom is 0.194 e. The Morgan fingerprint density at radius 2 is 1.50 bits per heavy atom. The Labute approximate surface area is 79.9 Å². The summed E-state index contributed by atoms with van der Waals surface area (Å²) in [6, 6.07) is 0. The van der Waals surface area contributed by atoms with Crippen molar-refractivity contribution in [2.24, 2.45) is 0 Å². The highest BCUT2D eigenvalue weighted by Gasteiger charge is 2.33. The van der Waals surface area contributed by atoms with Gasteiger partial charge in [-0.15, -0.1) is 0 Å². The summed E-state index contributed by atoms with van der Waals surface area (Å²) >= 11 is 0. The van der Waals surface area contributed by atoms with Gasteiger partial charge in [0.15, 0.2) is 5.78 Å². The zero-order chi connectivity index (χ0) is 11.3. The lowest BCUT2D eigenvalue weighted by Crippen LogP contribution is -2.48. The average Bonchev–Trinajstić information content (AvgIpc) is 2.23. The van der Waals surface area contributed by atoms with Gasteiger partial charge in [-0.25, -0.2) is 0 Å². The summed E-state index contributed by atoms with van der Waals surface area (Å²) in [5.41, 5.74) is 0. The number of hydrogen-bond donors (Lipinski definition) is 6. The van der Waals surface area contributed by atoms with E-state index in [0.29, 0.717) is 0 Å². The summed E-state index contributed by atoms with van der Waals surface area (Å²) in [7, 11) is 0. The topological polar surface area (TPSA) is 138 Å². The molecule has 0 aliphatic carbocycles. The number of carbonyl (C=O) groups excluding carboxylic acids is 1. The number of aliphatic hydroxyl groups excluding tert-OH is 6. The number of carbonyl (C=O) groups is 1. The Morgan fingerprint density at radius 1 is 1.00 bits per heavy atom. The first-order chi connectivity index (χ1) is 6.45. The molecule has 0 aromatic rings. The Hall–Kier alpha value is -0.570. The minimum absolute atomic E-state index is 0.833. The molecule has 0 saturated carbocycles. The van der Waals surface area contributed by atoms with E-state index in [1.165, 1.54) is 0 Å². The van der Waals surface area contributed by atoms with Crippen molar-refractivity contribution in [3.8, 4) is 0 Å². The standard InChI is InChI=1S/C7H14O7/c8-1-3(10)5(12)7(14)6(13)4(11)2-9/h3-5,7-12,14H,1-2H2/t3-,4-,5-,7+/m1/s1. The van der Waals surface area contributed by atoms with Gasteiger partial charge in [-0.3, -0.25) is 4.79 Å². The summed E-state index contributed by atoms with van der Waals surface area (Å²) in [6.45, 7) is -1.72. The van der Waals surface area contributed by atoms with Crippen LogP contribution >= 0.6 is 0 Å². The van der Waals surface area contributed by atoms with Gasteiger partial charge >= 0.3 is 0 Å². The molecule has 0 aromatic carbocycles. The molecule has 0 radical (unpaired) electrons. The quantitative estimate of drug-likeness (QED) is 0.262. The number of aliphatic hydroxyl groups is 6. The van der Waals surface area contributed by atoms with E-state index in [2.05, 4.69) is 0 Å². The maximum atomic E-state index is 10.9. The smallest absolute Gasteiger partial charge is 0.194 e. The van der Waals surface area contributed by atoms with E-state index in [0.717, 1.165) is 0 Å². The van der Waals surface area contributed by atoms with Gasteiger partial charge in [-0.05, 0) is 0 Å². The van der Waals surface area contributed by atoms with Crippen LogP contribution in [0, 0.1) is 0 Å². The second-order valence-corrected chi connectivity index (χ2v) is 2.79. The van der Waals surface area contributed by atoms with E-state index in [-0.39, 0.29) is 0 Å². The van der Waals surface area contributed by atoms with Crippen molar-refractivity contribution >= 4 is 5.78 Å². The Balaban J connectivity index is 4.30. The van der Waals surface area contributed by atoms with Crippen LogP contribution < -0.4 is 0 Å². The van der Waals surface area contributed by atoms with E-state index in [1.807, 2.05) is 0 Å². The summed E-state index contributed by atoms with van der Waals surface area (Å²) in [5.74, 6) is -1.22. The van der Waals surface area contributed by atoms with Gasteiger partial charge in [0, 0.05) is 0 Å². The van der Waals surface area contributed by atoms with E-state index in [9.17, 15) is 4.79 Å². The van der Waals surface area contributed by atoms with Crippen molar-refractivity contribution in [3.05, 3.63) is 0 Å². The first-order valence-electron chi connectivity index (χ1n) is 3.93. The van der Waals surface area contributed by atoms with Crippen LogP contribution in [0.4, 0.5) is 0 Å². The number of rotatable bonds is 6. The molecule has 14 heavy (non-hydrogen) atoms. The molecular formula is C7H14O7. The number of ketones is 1. The van der Waals surface area contributed by atoms with Crippen LogP contribution in [0.15, 0.2) is 0 Å². The minimum atomic E-state index is -2.04. The van der Waals surface area contributed by atoms with Crippen LogP contribution in [0.3, 0.4) is 0 Å². The second kappa shape index (κ2) is 6.02. The number of Topliss-reactive ketones (excluding diaryl/α,β-unsaturated/α-hetero) is 1. The van der Waals surface area contributed by atoms with E-state index >= 15 is 0 Å². The summed E-state index contributed by atoms with van der Waals surface area (Å²) < 4.78 is 0. The second-order valence-electron chi connectivity index (χ2n) is 2.79. The van der Waals surface area contributed by atoms with E-state index in [4.69, 9.17) is 30.6 Å². The lowest BCUT2D eigenvalue weighted by Gasteiger charge is -2.21. The monoisotopic (exact) mass is 210 g/mol. The predicted octanol–water partition coefficient (Wildman–Crippen LogP) is -4.02. The molecule has 0 rings (SSSR count). The lowest BCUT2D eigenvalue weighted by molar-refractivity contribution is -0.150. The van der Waals surface area contributed by atoms with Crippen LogP contribution in [0.1, 0.15) is 0 Å². The van der Waals surface area contributed by atoms with Crippen LogP contribution in [0.25, 0.3) is 0 Å². The zero-order valence-corrected chi connectivity index (χ0v) is 7.32. The molecule has 0 spiro atoms. The molecule has 0 saturated heterocycles. The van der Waals surface area contributed by atoms with E-state index in [1.54, 1.807) is 0 Å². The molecule has 4 atom stereocenters. The van der Waals surface area contributed by atoms with Gasteiger partial charge in [0.05, 0.1) is 13.2 Å². The third-order valence-corrected chi connectivity index (χ3v) is 1.70. The summed E-state index contributed by atoms with van der Waals surface area (Å²) in [4.78, 5) is 10.9. The SMILES string of the molecule is O=C([C@H](O)CO)[C@@H](O)[C@H](O)[C@H](O)CO. The first kappa shape index (κ1) is 13.4. The van der Waals surface area contributed by atoms with Crippen molar-refractivity contribution in [3.63, 3.8) is 0 Å². The Morgan fingerprint density at radius 3 is 1.86 bits per heavy atom. The molecule has 84 valence electrons. The molecule has 0 unspecified atom stereocenters. The molecule has 6 N–H and O–H groups in total. The number of hydrogen-bond acceptors (Lipinski definition) is 7. The van der Waals surface area contributed by atoms with Gasteiger partial charge in [0.2, 0.25) is 0 Å². The molecule has 0 aromatic heterocycles. The van der Waals surface area contributed by atoms with E-state index < -0.39 is 43.4 Å². The molecule has 7 heteroatoms. The van der Waals surface area contributed by atoms with Gasteiger partial charge in [-0.2, -0.15) is 0 Å². The van der Waals surface area contributed by atoms with Crippen molar-refractivity contribution in [2.75, 3.05) is 13.2 Å². The molecular weight excluding hydrogens is 196 g/mol. The normalized spacial score (nSPS) is 19.9. The minimum Gasteiger partial charge on any atom is -0.394 e. The predicted molar refractivity (Wildman–Crippen MR) is 43.2 cm³/mol. The molecule has 0 amide bonds. The van der Waals surface area contributed by atoms with Crippen molar-refractivity contribution < 1.29 is 35.4 Å². The van der Waals surface area contributed by atoms with Gasteiger partial charge < -0.3 is 30.6 Å². The van der Waals surface area contributed by atoms with Gasteiger partial charge in [0.1, 0.15) is 24.4 Å². The third kappa shape index (κ3) is 3.29. The lowest BCUT2D eigenvalue weighted by atomic mass is 10.0. The summed E-state index contributed by atoms with van der Waals surface area (Å²) in [6.07, 6.45) is -7.43. The van der Waals surface area contributed by atoms with Gasteiger partial charge in [0.25, 0.3) is 0 Å². The molecule has 7 nitrogen and oxygen atoms in total. The van der Waals surface area contributed by atoms with Crippen LogP contribution in [0.2, 0.25) is 0 Å². The van der Waals surface area contributed by atoms with Crippen molar-refractivity contribution in [2.45, 2.75) is 24.4 Å². The van der Waals surface area contributed by atoms with Crippen LogP contribution in [-0.4, -0.2) is 74.1 Å².